The molecule has 3 aliphatic heterocycles. The van der Waals surface area contributed by atoms with E-state index < -0.39 is 64.6 Å². The summed E-state index contributed by atoms with van der Waals surface area (Å²) in [5, 5.41) is 16.6. The van der Waals surface area contributed by atoms with E-state index in [4.69, 9.17) is 9.47 Å². The second-order valence-electron chi connectivity index (χ2n) is 25.3. The second kappa shape index (κ2) is 34.5. The molecule has 16 nitrogen and oxygen atoms in total. The summed E-state index contributed by atoms with van der Waals surface area (Å²) in [4.78, 5) is 76.6. The van der Waals surface area contributed by atoms with E-state index in [1.807, 2.05) is 85.9 Å². The van der Waals surface area contributed by atoms with Crippen molar-refractivity contribution in [3.05, 3.63) is 190 Å². The van der Waals surface area contributed by atoms with Gasteiger partial charge in [-0.15, -0.1) is 37.2 Å². The number of para-hydroxylation sites is 1. The Hall–Kier alpha value is -7.51. The first-order chi connectivity index (χ1) is 45.5. The van der Waals surface area contributed by atoms with Gasteiger partial charge in [-0.3, -0.25) is 24.1 Å². The fourth-order valence-corrected chi connectivity index (χ4v) is 13.7. The number of halogens is 10. The maximum Gasteiger partial charge on any atom is 0.416 e. The van der Waals surface area contributed by atoms with Crippen molar-refractivity contribution in [3.63, 3.8) is 0 Å². The molecule has 6 aromatic carbocycles. The number of alkyl halides is 6. The molecule has 3 N–H and O–H groups in total. The van der Waals surface area contributed by atoms with Crippen LogP contribution in [-0.2, 0) is 48.9 Å². The molecule has 3 fully saturated rings. The number of likely N-dealkylation sites (tertiary alicyclic amines) is 2. The molecule has 3 heterocycles. The Morgan fingerprint density at radius 2 is 1.30 bits per heavy atom. The van der Waals surface area contributed by atoms with Crippen molar-refractivity contribution in [1.29, 1.82) is 0 Å². The molecule has 3 saturated heterocycles. The van der Waals surface area contributed by atoms with E-state index in [0.717, 1.165) is 71.7 Å². The number of nitrogens with one attached hydrogen (secondary N) is 2. The van der Waals surface area contributed by atoms with Crippen molar-refractivity contribution in [1.82, 2.24) is 29.8 Å². The molecule has 1 aliphatic carbocycles. The van der Waals surface area contributed by atoms with Crippen molar-refractivity contribution >= 4 is 78.3 Å². The Labute approximate surface area is 585 Å². The van der Waals surface area contributed by atoms with E-state index in [1.165, 1.54) is 34.1 Å². The Bertz CT molecular complexity index is 3610. The number of benzene rings is 6. The number of unbranched alkanes of at least 4 members (excludes halogenated alkanes) is 2. The van der Waals surface area contributed by atoms with Crippen LogP contribution in [0.1, 0.15) is 106 Å². The number of rotatable bonds is 25. The van der Waals surface area contributed by atoms with Crippen molar-refractivity contribution in [2.24, 2.45) is 0 Å². The zero-order valence-corrected chi connectivity index (χ0v) is 57.1. The summed E-state index contributed by atoms with van der Waals surface area (Å²) < 4.78 is 110. The van der Waals surface area contributed by atoms with Gasteiger partial charge in [0.2, 0.25) is 11.8 Å². The summed E-state index contributed by atoms with van der Waals surface area (Å²) in [6.45, 7) is 4.70. The third-order valence-electron chi connectivity index (χ3n) is 19.3. The number of nitrogens with zero attached hydrogens (tertiary/aromatic N) is 6. The summed E-state index contributed by atoms with van der Waals surface area (Å²) >= 11 is 0. The number of carbonyl (C=O) groups excluding carboxylic acids is 4. The molecule has 0 aromatic heterocycles. The number of anilines is 2. The van der Waals surface area contributed by atoms with Crippen LogP contribution >= 0.6 is 37.2 Å². The highest BCUT2D eigenvalue weighted by molar-refractivity contribution is 5.96. The lowest BCUT2D eigenvalue weighted by Gasteiger charge is -2.44. The standard InChI is InChI=1S/C72H81F7N8O8.3ClH/c1-82(40-34-81-66(90)51-20-26-58(27-21-51)80-33-12-4-7-19-64(88)83(2)41-42-84-35-28-59(29-36-84)87(68(92)93)62-18-11-9-16-60(62)50-13-5-3-6-14-50)65(89)47-94-63-45-52-15-8-10-17-61(52)69(63)30-37-85(38-31-69)39-32-70(54-22-24-57(73)25-23-54)48-86(49-95-70)67(91)53-43-55(71(74,75)76)46-56(44-53)72(77,78)79;;;/h3,5-6,8-11,13-18,20-27,43-44,46,59,63,80H,4,7,12,19,28-42,45,47-49H2,1-2H3,(H,81,90)(H,92,93);3*1H/t63-,70+;;;/m0.../s1. The highest BCUT2D eigenvalue weighted by atomic mass is 35.5. The van der Waals surface area contributed by atoms with Gasteiger partial charge in [-0.05, 0) is 147 Å². The monoisotopic (exact) mass is 1430 g/mol. The minimum absolute atomic E-state index is 0. The third-order valence-corrected chi connectivity index (χ3v) is 19.3. The Morgan fingerprint density at radius 1 is 0.673 bits per heavy atom. The average molecular weight is 1430 g/mol. The number of fused-ring (bicyclic) bond motifs is 2. The quantitative estimate of drug-likeness (QED) is 0.0369. The summed E-state index contributed by atoms with van der Waals surface area (Å²) in [5.41, 5.74) is 0.907. The van der Waals surface area contributed by atoms with Crippen LogP contribution in [0.4, 0.5) is 46.9 Å². The molecular formula is C72H84Cl3F7N8O8. The van der Waals surface area contributed by atoms with Crippen LogP contribution in [0, 0.1) is 5.82 Å². The van der Waals surface area contributed by atoms with Gasteiger partial charge in [-0.2, -0.15) is 26.3 Å². The van der Waals surface area contributed by atoms with Gasteiger partial charge in [0.05, 0.1) is 29.5 Å². The van der Waals surface area contributed by atoms with E-state index in [-0.39, 0.29) is 106 Å². The van der Waals surface area contributed by atoms with Gasteiger partial charge in [0.15, 0.2) is 0 Å². The maximum atomic E-state index is 14.2. The van der Waals surface area contributed by atoms with Gasteiger partial charge >= 0.3 is 18.4 Å². The van der Waals surface area contributed by atoms with Gasteiger partial charge in [0, 0.05) is 107 Å². The highest BCUT2D eigenvalue weighted by Crippen LogP contribution is 2.49. The Balaban J connectivity index is 0.00000451. The molecule has 5 amide bonds. The number of hydrogen-bond acceptors (Lipinski definition) is 10. The van der Waals surface area contributed by atoms with Gasteiger partial charge in [0.1, 0.15) is 24.8 Å². The molecule has 0 bridgehead atoms. The Kier molecular flexibility index (Phi) is 27.4. The molecule has 0 radical (unpaired) electrons. The summed E-state index contributed by atoms with van der Waals surface area (Å²) in [7, 11) is 3.49. The number of likely N-dealkylation sites (N-methyl/N-ethyl adjacent to an activating group) is 2. The average Bonchev–Trinajstić information content (AvgIpc) is 1.59. The largest absolute Gasteiger partial charge is 0.465 e. The van der Waals surface area contributed by atoms with Crippen LogP contribution in [0.5, 0.6) is 0 Å². The summed E-state index contributed by atoms with van der Waals surface area (Å²) in [6.07, 6.45) is -5.12. The van der Waals surface area contributed by atoms with Crippen LogP contribution in [0.2, 0.25) is 0 Å². The van der Waals surface area contributed by atoms with Gasteiger partial charge < -0.3 is 49.7 Å². The number of carbonyl (C=O) groups is 5. The lowest BCUT2D eigenvalue weighted by molar-refractivity contribution is -0.143. The lowest BCUT2D eigenvalue weighted by atomic mass is 9.72. The number of amides is 5. The predicted octanol–water partition coefficient (Wildman–Crippen LogP) is 13.5. The maximum absolute atomic E-state index is 14.2. The number of carboxylic acid groups (broad SMARTS) is 1. The molecule has 2 atom stereocenters. The van der Waals surface area contributed by atoms with E-state index >= 15 is 0 Å². The van der Waals surface area contributed by atoms with Crippen molar-refractivity contribution in [3.8, 4) is 11.1 Å². The van der Waals surface area contributed by atoms with Crippen molar-refractivity contribution in [2.45, 2.75) is 99.7 Å². The molecule has 4 aliphatic rings. The molecule has 530 valence electrons. The minimum atomic E-state index is -5.15. The topological polar surface area (TPSA) is 168 Å². The number of ether oxygens (including phenoxy) is 2. The van der Waals surface area contributed by atoms with Crippen LogP contribution in [0.25, 0.3) is 11.1 Å². The van der Waals surface area contributed by atoms with Gasteiger partial charge in [-0.1, -0.05) is 91.3 Å². The van der Waals surface area contributed by atoms with E-state index in [1.54, 1.807) is 24.1 Å². The minimum Gasteiger partial charge on any atom is -0.465 e. The molecule has 26 heteroatoms. The highest BCUT2D eigenvalue weighted by Gasteiger charge is 2.50. The molecule has 98 heavy (non-hydrogen) atoms. The molecule has 6 aromatic rings. The second-order valence-corrected chi connectivity index (χ2v) is 25.3. The van der Waals surface area contributed by atoms with E-state index in [2.05, 4.69) is 32.6 Å². The van der Waals surface area contributed by atoms with E-state index in [0.29, 0.717) is 100 Å². The van der Waals surface area contributed by atoms with Gasteiger partial charge in [0.25, 0.3) is 11.8 Å². The van der Waals surface area contributed by atoms with Crippen LogP contribution in [0.15, 0.2) is 146 Å². The first-order valence-electron chi connectivity index (χ1n) is 32.4. The summed E-state index contributed by atoms with van der Waals surface area (Å²) in [5.74, 6) is -2.06. The first-order valence-corrected chi connectivity index (χ1v) is 32.4. The number of hydrogen-bond donors (Lipinski definition) is 3. The molecular weight excluding hydrogens is 1340 g/mol. The SMILES string of the molecule is CN(CCN1CCC(N(C(=O)O)c2ccccc2-c2ccccc2)CC1)C(=O)CCCCCNc1ccc(C(=O)NCCN(C)C(=O)CO[C@H]2Cc3ccccc3C23CCN(CC[C@]2(c4ccc(F)cc4)CN(C(=O)c4cc(C(F)(F)F)cc(C(F)(F)F)c4)CO2)CC3)cc1.Cl.Cl.Cl. The first kappa shape index (κ1) is 77.8. The molecule has 0 saturated carbocycles. The zero-order chi connectivity index (χ0) is 67.5. The molecule has 0 unspecified atom stereocenters. The Morgan fingerprint density at radius 3 is 1.96 bits per heavy atom. The fourth-order valence-electron chi connectivity index (χ4n) is 13.7. The predicted molar refractivity (Wildman–Crippen MR) is 368 cm³/mol. The molecule has 10 rings (SSSR count). The van der Waals surface area contributed by atoms with Crippen LogP contribution < -0.4 is 15.5 Å². The normalized spacial score (nSPS) is 17.8. The zero-order valence-electron chi connectivity index (χ0n) is 54.6. The van der Waals surface area contributed by atoms with Gasteiger partial charge in [-0.25, -0.2) is 9.18 Å². The third kappa shape index (κ3) is 19.1. The smallest absolute Gasteiger partial charge is 0.416 e. The number of piperidine rings is 2. The van der Waals surface area contributed by atoms with Crippen molar-refractivity contribution in [2.75, 3.05) is 110 Å². The fraction of sp³-hybridized carbons (Fsp3) is 0.431. The molecule has 1 spiro atoms. The van der Waals surface area contributed by atoms with Crippen LogP contribution in [0.3, 0.4) is 0 Å². The van der Waals surface area contributed by atoms with E-state index in [9.17, 15) is 59.8 Å². The summed E-state index contributed by atoms with van der Waals surface area (Å²) in [6, 6.07) is 38.7. The van der Waals surface area contributed by atoms with Crippen LogP contribution in [-0.4, -0.2) is 171 Å². The lowest BCUT2D eigenvalue weighted by Crippen LogP contribution is -2.50. The van der Waals surface area contributed by atoms with Crippen molar-refractivity contribution < 1.29 is 69.3 Å².